The lowest BCUT2D eigenvalue weighted by molar-refractivity contribution is -0.384. The average molecular weight is 398 g/mol. The van der Waals surface area contributed by atoms with Crippen molar-refractivity contribution in [1.29, 1.82) is 0 Å². The maximum atomic E-state index is 12.2. The number of amides is 1. The first kappa shape index (κ1) is 19.8. The van der Waals surface area contributed by atoms with Crippen molar-refractivity contribution in [2.75, 3.05) is 7.05 Å². The molecule has 138 valence electrons. The van der Waals surface area contributed by atoms with Crippen LogP contribution in [0.15, 0.2) is 42.5 Å². The average Bonchev–Trinajstić information content (AvgIpc) is 2.60. The molecule has 0 heterocycles. The third-order valence-electron chi connectivity index (χ3n) is 3.55. The zero-order chi connectivity index (χ0) is 19.3. The van der Waals surface area contributed by atoms with Gasteiger partial charge in [0.25, 0.3) is 11.6 Å². The summed E-state index contributed by atoms with van der Waals surface area (Å²) in [5, 5.41) is 13.5. The van der Waals surface area contributed by atoms with Crippen LogP contribution in [0.4, 0.5) is 5.69 Å². The van der Waals surface area contributed by atoms with Gasteiger partial charge in [0.2, 0.25) is 10.0 Å². The Bertz CT molecular complexity index is 929. The van der Waals surface area contributed by atoms with Gasteiger partial charge in [-0.3, -0.25) is 14.9 Å². The van der Waals surface area contributed by atoms with Gasteiger partial charge in [-0.05, 0) is 24.2 Å². The van der Waals surface area contributed by atoms with Gasteiger partial charge in [-0.25, -0.2) is 13.1 Å². The fourth-order valence-electron chi connectivity index (χ4n) is 2.12. The third kappa shape index (κ3) is 5.25. The standard InChI is InChI=1S/C16H16ClN3O5S/c1-18-26(24,25)10-12-4-2-11(3-5-12)9-19-16(21)14-8-13(20(22)23)6-7-15(14)17/h2-8,18H,9-10H2,1H3,(H,19,21). The monoisotopic (exact) mass is 397 g/mol. The Morgan fingerprint density at radius 3 is 2.35 bits per heavy atom. The van der Waals surface area contributed by atoms with E-state index >= 15 is 0 Å². The summed E-state index contributed by atoms with van der Waals surface area (Å²) in [6.45, 7) is 0.164. The largest absolute Gasteiger partial charge is 0.348 e. The molecule has 0 aromatic heterocycles. The predicted octanol–water partition coefficient (Wildman–Crippen LogP) is 2.23. The fourth-order valence-corrected chi connectivity index (χ4v) is 3.10. The minimum atomic E-state index is -3.35. The first-order valence-corrected chi connectivity index (χ1v) is 9.46. The molecule has 2 rings (SSSR count). The molecule has 0 aliphatic heterocycles. The Kier molecular flexibility index (Phi) is 6.30. The quantitative estimate of drug-likeness (QED) is 0.548. The van der Waals surface area contributed by atoms with Gasteiger partial charge in [-0.1, -0.05) is 35.9 Å². The van der Waals surface area contributed by atoms with Crippen molar-refractivity contribution in [3.8, 4) is 0 Å². The number of non-ortho nitro benzene ring substituents is 1. The Morgan fingerprint density at radius 2 is 1.77 bits per heavy atom. The summed E-state index contributed by atoms with van der Waals surface area (Å²) in [6.07, 6.45) is 0. The molecule has 0 saturated heterocycles. The van der Waals surface area contributed by atoms with Crippen LogP contribution in [-0.2, 0) is 22.3 Å². The maximum absolute atomic E-state index is 12.2. The van der Waals surface area contributed by atoms with Crippen LogP contribution in [0.25, 0.3) is 0 Å². The van der Waals surface area contributed by atoms with E-state index < -0.39 is 20.9 Å². The van der Waals surface area contributed by atoms with Crippen molar-refractivity contribution >= 4 is 33.2 Å². The number of carbonyl (C=O) groups excluding carboxylic acids is 1. The van der Waals surface area contributed by atoms with Crippen LogP contribution >= 0.6 is 11.6 Å². The molecular weight excluding hydrogens is 382 g/mol. The van der Waals surface area contributed by atoms with Gasteiger partial charge in [0.15, 0.2) is 0 Å². The topological polar surface area (TPSA) is 118 Å². The molecule has 0 fully saturated rings. The summed E-state index contributed by atoms with van der Waals surface area (Å²) in [5.74, 6) is -0.681. The molecular formula is C16H16ClN3O5S. The Balaban J connectivity index is 2.04. The molecule has 2 aromatic carbocycles. The number of halogens is 1. The predicted molar refractivity (Wildman–Crippen MR) is 97.4 cm³/mol. The van der Waals surface area contributed by atoms with Gasteiger partial charge >= 0.3 is 0 Å². The van der Waals surface area contributed by atoms with E-state index in [2.05, 4.69) is 10.0 Å². The molecule has 0 atom stereocenters. The van der Waals surface area contributed by atoms with Crippen LogP contribution in [-0.4, -0.2) is 26.3 Å². The number of nitro benzene ring substituents is 1. The lowest BCUT2D eigenvalue weighted by Crippen LogP contribution is -2.23. The number of nitro groups is 1. The second-order valence-corrected chi connectivity index (χ2v) is 7.72. The Hall–Kier alpha value is -2.49. The van der Waals surface area contributed by atoms with Crippen molar-refractivity contribution in [1.82, 2.24) is 10.0 Å². The van der Waals surface area contributed by atoms with Gasteiger partial charge in [0.05, 0.1) is 21.3 Å². The van der Waals surface area contributed by atoms with E-state index in [-0.39, 0.29) is 28.6 Å². The van der Waals surface area contributed by atoms with Gasteiger partial charge in [-0.2, -0.15) is 0 Å². The molecule has 0 bridgehead atoms. The minimum absolute atomic E-state index is 0.0117. The van der Waals surface area contributed by atoms with Gasteiger partial charge in [0, 0.05) is 18.7 Å². The molecule has 0 aliphatic rings. The smallest absolute Gasteiger partial charge is 0.270 e. The number of hydrogen-bond donors (Lipinski definition) is 2. The molecule has 8 nitrogen and oxygen atoms in total. The van der Waals surface area contributed by atoms with E-state index in [4.69, 9.17) is 11.6 Å². The molecule has 1 amide bonds. The Morgan fingerprint density at radius 1 is 1.15 bits per heavy atom. The number of hydrogen-bond acceptors (Lipinski definition) is 5. The lowest BCUT2D eigenvalue weighted by Gasteiger charge is -2.08. The second kappa shape index (κ2) is 8.26. The summed E-state index contributed by atoms with van der Waals surface area (Å²) >= 11 is 5.93. The zero-order valence-corrected chi connectivity index (χ0v) is 15.3. The van der Waals surface area contributed by atoms with E-state index in [1.165, 1.54) is 19.2 Å². The molecule has 0 spiro atoms. The molecule has 2 aromatic rings. The molecule has 0 radical (unpaired) electrons. The highest BCUT2D eigenvalue weighted by Crippen LogP contribution is 2.22. The normalized spacial score (nSPS) is 11.2. The van der Waals surface area contributed by atoms with E-state index in [1.54, 1.807) is 24.3 Å². The number of sulfonamides is 1. The van der Waals surface area contributed by atoms with Crippen LogP contribution in [0.5, 0.6) is 0 Å². The molecule has 2 N–H and O–H groups in total. The number of carbonyl (C=O) groups is 1. The number of benzene rings is 2. The van der Waals surface area contributed by atoms with E-state index in [0.717, 1.165) is 11.6 Å². The van der Waals surface area contributed by atoms with E-state index in [0.29, 0.717) is 5.56 Å². The zero-order valence-electron chi connectivity index (χ0n) is 13.7. The molecule has 10 heteroatoms. The molecule has 0 saturated carbocycles. The van der Waals surface area contributed by atoms with Crippen molar-refractivity contribution in [3.63, 3.8) is 0 Å². The number of nitrogens with one attached hydrogen (secondary N) is 2. The van der Waals surface area contributed by atoms with Crippen molar-refractivity contribution in [2.24, 2.45) is 0 Å². The van der Waals surface area contributed by atoms with Gasteiger partial charge in [-0.15, -0.1) is 0 Å². The van der Waals surface area contributed by atoms with Crippen molar-refractivity contribution < 1.29 is 18.1 Å². The summed E-state index contributed by atoms with van der Waals surface area (Å²) in [4.78, 5) is 22.4. The third-order valence-corrected chi connectivity index (χ3v) is 5.21. The van der Waals surface area contributed by atoms with Crippen LogP contribution in [0.1, 0.15) is 21.5 Å². The summed E-state index contributed by atoms with van der Waals surface area (Å²) in [6, 6.07) is 10.3. The highest BCUT2D eigenvalue weighted by Gasteiger charge is 2.15. The number of nitrogens with zero attached hydrogens (tertiary/aromatic N) is 1. The summed E-state index contributed by atoms with van der Waals surface area (Å²) in [5.41, 5.74) is 1.13. The van der Waals surface area contributed by atoms with Crippen LogP contribution in [0, 0.1) is 10.1 Å². The van der Waals surface area contributed by atoms with Crippen LogP contribution < -0.4 is 10.0 Å². The molecule has 0 unspecified atom stereocenters. The van der Waals surface area contributed by atoms with Crippen molar-refractivity contribution in [3.05, 3.63) is 74.3 Å². The van der Waals surface area contributed by atoms with Crippen molar-refractivity contribution in [2.45, 2.75) is 12.3 Å². The van der Waals surface area contributed by atoms with E-state index in [1.807, 2.05) is 0 Å². The van der Waals surface area contributed by atoms with Gasteiger partial charge < -0.3 is 5.32 Å². The van der Waals surface area contributed by atoms with Gasteiger partial charge in [0.1, 0.15) is 0 Å². The highest BCUT2D eigenvalue weighted by molar-refractivity contribution is 7.88. The summed E-state index contributed by atoms with van der Waals surface area (Å²) in [7, 11) is -2.01. The number of rotatable bonds is 7. The first-order valence-electron chi connectivity index (χ1n) is 7.43. The minimum Gasteiger partial charge on any atom is -0.348 e. The highest BCUT2D eigenvalue weighted by atomic mass is 35.5. The Labute approximate surface area is 155 Å². The van der Waals surface area contributed by atoms with Crippen LogP contribution in [0.2, 0.25) is 5.02 Å². The van der Waals surface area contributed by atoms with E-state index in [9.17, 15) is 23.3 Å². The second-order valence-electron chi connectivity index (χ2n) is 5.38. The fraction of sp³-hybridized carbons (Fsp3) is 0.188. The SMILES string of the molecule is CNS(=O)(=O)Cc1ccc(CNC(=O)c2cc([N+](=O)[O-])ccc2Cl)cc1. The first-order chi connectivity index (χ1) is 12.2. The lowest BCUT2D eigenvalue weighted by atomic mass is 10.1. The summed E-state index contributed by atoms with van der Waals surface area (Å²) < 4.78 is 25.2. The maximum Gasteiger partial charge on any atom is 0.270 e. The van der Waals surface area contributed by atoms with Crippen LogP contribution in [0.3, 0.4) is 0 Å². The molecule has 26 heavy (non-hydrogen) atoms. The molecule has 0 aliphatic carbocycles.